The van der Waals surface area contributed by atoms with Crippen LogP contribution < -0.4 is 5.32 Å². The molecule has 2 aromatic heterocycles. The molecule has 2 heterocycles. The van der Waals surface area contributed by atoms with Gasteiger partial charge in [0.1, 0.15) is 5.01 Å². The van der Waals surface area contributed by atoms with Crippen molar-refractivity contribution in [2.24, 2.45) is 0 Å². The van der Waals surface area contributed by atoms with Gasteiger partial charge in [0.2, 0.25) is 5.95 Å². The lowest BCUT2D eigenvalue weighted by molar-refractivity contribution is 0.612. The summed E-state index contributed by atoms with van der Waals surface area (Å²) in [6, 6.07) is 0.0745. The number of nitrogens with one attached hydrogen (secondary N) is 1. The number of halogens is 1. The highest BCUT2D eigenvalue weighted by Crippen LogP contribution is 2.22. The van der Waals surface area contributed by atoms with E-state index in [1.807, 2.05) is 12.3 Å². The first kappa shape index (κ1) is 10.9. The van der Waals surface area contributed by atoms with Crippen LogP contribution in [0.1, 0.15) is 24.4 Å². The van der Waals surface area contributed by atoms with E-state index in [-0.39, 0.29) is 6.04 Å². The summed E-state index contributed by atoms with van der Waals surface area (Å²) in [7, 11) is 0. The van der Waals surface area contributed by atoms with Crippen LogP contribution in [0.15, 0.2) is 24.0 Å². The summed E-state index contributed by atoms with van der Waals surface area (Å²) in [5.41, 5.74) is 0. The molecule has 0 aliphatic heterocycles. The van der Waals surface area contributed by atoms with Gasteiger partial charge < -0.3 is 5.32 Å². The molecule has 1 unspecified atom stereocenters. The Morgan fingerprint density at radius 2 is 2.12 bits per heavy atom. The van der Waals surface area contributed by atoms with E-state index in [1.54, 1.807) is 17.5 Å². The van der Waals surface area contributed by atoms with E-state index in [1.165, 1.54) is 0 Å². The molecule has 2 rings (SSSR count). The fourth-order valence-corrected chi connectivity index (χ4v) is 2.06. The van der Waals surface area contributed by atoms with Crippen molar-refractivity contribution in [1.82, 2.24) is 15.0 Å². The molecule has 16 heavy (non-hydrogen) atoms. The maximum atomic E-state index is 12.6. The Kier molecular flexibility index (Phi) is 3.40. The second-order valence-corrected chi connectivity index (χ2v) is 4.13. The fourth-order valence-electron chi connectivity index (χ4n) is 1.29. The second-order valence-electron chi connectivity index (χ2n) is 3.20. The van der Waals surface area contributed by atoms with Crippen LogP contribution in [0.2, 0.25) is 0 Å². The Morgan fingerprint density at radius 3 is 2.69 bits per heavy atom. The molecule has 0 amide bonds. The first-order valence-corrected chi connectivity index (χ1v) is 5.81. The van der Waals surface area contributed by atoms with Crippen LogP contribution in [-0.4, -0.2) is 15.0 Å². The zero-order valence-electron chi connectivity index (χ0n) is 8.72. The number of nitrogens with zero attached hydrogens (tertiary/aromatic N) is 3. The highest BCUT2D eigenvalue weighted by Gasteiger charge is 2.12. The molecule has 0 aliphatic rings. The van der Waals surface area contributed by atoms with E-state index in [9.17, 15) is 4.39 Å². The van der Waals surface area contributed by atoms with Crippen molar-refractivity contribution in [3.05, 3.63) is 34.8 Å². The predicted octanol–water partition coefficient (Wildman–Crippen LogP) is 2.64. The summed E-state index contributed by atoms with van der Waals surface area (Å²) in [6.45, 7) is 2.04. The summed E-state index contributed by atoms with van der Waals surface area (Å²) in [4.78, 5) is 11.9. The fraction of sp³-hybridized carbons (Fsp3) is 0.300. The van der Waals surface area contributed by atoms with Crippen LogP contribution in [0.3, 0.4) is 0 Å². The molecule has 0 spiro atoms. The summed E-state index contributed by atoms with van der Waals surface area (Å²) in [5, 5.41) is 6.02. The van der Waals surface area contributed by atoms with Crippen LogP contribution >= 0.6 is 11.3 Å². The number of rotatable bonds is 4. The monoisotopic (exact) mass is 238 g/mol. The Balaban J connectivity index is 2.10. The van der Waals surface area contributed by atoms with Crippen molar-refractivity contribution in [3.63, 3.8) is 0 Å². The van der Waals surface area contributed by atoms with E-state index >= 15 is 0 Å². The van der Waals surface area contributed by atoms with Gasteiger partial charge in [-0.15, -0.1) is 11.3 Å². The molecule has 84 valence electrons. The van der Waals surface area contributed by atoms with Gasteiger partial charge in [0.05, 0.1) is 18.4 Å². The van der Waals surface area contributed by atoms with Crippen molar-refractivity contribution >= 4 is 17.3 Å². The molecule has 0 saturated carbocycles. The molecule has 2 aromatic rings. The van der Waals surface area contributed by atoms with E-state index in [2.05, 4.69) is 20.3 Å². The molecule has 0 aliphatic carbocycles. The third-order valence-corrected chi connectivity index (χ3v) is 2.97. The molecule has 0 saturated heterocycles. The van der Waals surface area contributed by atoms with Crippen molar-refractivity contribution in [2.75, 3.05) is 5.32 Å². The number of hydrogen-bond acceptors (Lipinski definition) is 5. The van der Waals surface area contributed by atoms with E-state index in [4.69, 9.17) is 0 Å². The topological polar surface area (TPSA) is 50.7 Å². The van der Waals surface area contributed by atoms with Crippen LogP contribution in [0, 0.1) is 5.82 Å². The lowest BCUT2D eigenvalue weighted by atomic mass is 10.2. The Bertz CT molecular complexity index is 429. The molecule has 1 atom stereocenters. The Labute approximate surface area is 96.6 Å². The van der Waals surface area contributed by atoms with Crippen molar-refractivity contribution in [3.8, 4) is 0 Å². The SMILES string of the molecule is CCC(Nc1ncc(F)cn1)c1nccs1. The predicted molar refractivity (Wildman–Crippen MR) is 60.8 cm³/mol. The van der Waals surface area contributed by atoms with Gasteiger partial charge in [-0.05, 0) is 6.42 Å². The maximum absolute atomic E-state index is 12.6. The smallest absolute Gasteiger partial charge is 0.223 e. The van der Waals surface area contributed by atoms with Crippen LogP contribution in [-0.2, 0) is 0 Å². The first-order chi connectivity index (χ1) is 7.79. The standard InChI is InChI=1S/C10H11FN4S/c1-2-8(9-12-3-4-16-9)15-10-13-5-7(11)6-14-10/h3-6,8H,2H2,1H3,(H,13,14,15). The van der Waals surface area contributed by atoms with Crippen LogP contribution in [0.25, 0.3) is 0 Å². The van der Waals surface area contributed by atoms with E-state index in [0.29, 0.717) is 5.95 Å². The number of hydrogen-bond donors (Lipinski definition) is 1. The summed E-state index contributed by atoms with van der Waals surface area (Å²) < 4.78 is 12.6. The first-order valence-electron chi connectivity index (χ1n) is 4.93. The average Bonchev–Trinajstić information content (AvgIpc) is 2.82. The minimum absolute atomic E-state index is 0.0745. The second kappa shape index (κ2) is 4.98. The number of aromatic nitrogens is 3. The van der Waals surface area contributed by atoms with Crippen molar-refractivity contribution in [1.29, 1.82) is 0 Å². The summed E-state index contributed by atoms with van der Waals surface area (Å²) >= 11 is 1.57. The summed E-state index contributed by atoms with van der Waals surface area (Å²) in [6.07, 6.45) is 4.91. The third-order valence-electron chi connectivity index (χ3n) is 2.08. The van der Waals surface area contributed by atoms with Gasteiger partial charge in [0.15, 0.2) is 5.82 Å². The molecule has 0 bridgehead atoms. The number of anilines is 1. The lowest BCUT2D eigenvalue weighted by Crippen LogP contribution is -2.11. The highest BCUT2D eigenvalue weighted by atomic mass is 32.1. The Morgan fingerprint density at radius 1 is 1.38 bits per heavy atom. The van der Waals surface area contributed by atoms with Gasteiger partial charge in [0.25, 0.3) is 0 Å². The minimum atomic E-state index is -0.437. The van der Waals surface area contributed by atoms with Gasteiger partial charge in [-0.3, -0.25) is 0 Å². The average molecular weight is 238 g/mol. The molecule has 0 aromatic carbocycles. The maximum Gasteiger partial charge on any atom is 0.223 e. The minimum Gasteiger partial charge on any atom is -0.345 e. The molecular weight excluding hydrogens is 227 g/mol. The Hall–Kier alpha value is -1.56. The van der Waals surface area contributed by atoms with E-state index in [0.717, 1.165) is 23.8 Å². The molecule has 1 N–H and O–H groups in total. The van der Waals surface area contributed by atoms with Crippen molar-refractivity contribution < 1.29 is 4.39 Å². The largest absolute Gasteiger partial charge is 0.345 e. The van der Waals surface area contributed by atoms with Gasteiger partial charge in [0, 0.05) is 11.6 Å². The number of thiazole rings is 1. The third kappa shape index (κ3) is 2.52. The van der Waals surface area contributed by atoms with Crippen LogP contribution in [0.5, 0.6) is 0 Å². The van der Waals surface area contributed by atoms with Gasteiger partial charge in [-0.25, -0.2) is 19.3 Å². The van der Waals surface area contributed by atoms with E-state index < -0.39 is 5.82 Å². The molecule has 4 nitrogen and oxygen atoms in total. The van der Waals surface area contributed by atoms with Crippen molar-refractivity contribution in [2.45, 2.75) is 19.4 Å². The zero-order chi connectivity index (χ0) is 11.4. The molecule has 0 fully saturated rings. The zero-order valence-corrected chi connectivity index (χ0v) is 9.54. The van der Waals surface area contributed by atoms with Crippen LogP contribution in [0.4, 0.5) is 10.3 Å². The van der Waals surface area contributed by atoms with Gasteiger partial charge in [-0.1, -0.05) is 6.92 Å². The van der Waals surface area contributed by atoms with Gasteiger partial charge in [-0.2, -0.15) is 0 Å². The van der Waals surface area contributed by atoms with Gasteiger partial charge >= 0.3 is 0 Å². The summed E-state index contributed by atoms with van der Waals surface area (Å²) in [5.74, 6) is -0.0173. The molecular formula is C10H11FN4S. The normalized spacial score (nSPS) is 12.4. The lowest BCUT2D eigenvalue weighted by Gasteiger charge is -2.13. The highest BCUT2D eigenvalue weighted by molar-refractivity contribution is 7.09. The molecule has 0 radical (unpaired) electrons. The quantitative estimate of drug-likeness (QED) is 0.889. The molecule has 6 heteroatoms.